The van der Waals surface area contributed by atoms with Crippen LogP contribution in [0.15, 0.2) is 24.3 Å². The minimum absolute atomic E-state index is 0.0355. The fraction of sp³-hybridized carbons (Fsp3) is 0.619. The smallest absolute Gasteiger partial charge is 0.242 e. The fourth-order valence-electron chi connectivity index (χ4n) is 3.12. The summed E-state index contributed by atoms with van der Waals surface area (Å²) in [4.78, 5) is 29.3. The quantitative estimate of drug-likeness (QED) is 0.691. The van der Waals surface area contributed by atoms with E-state index in [1.54, 1.807) is 18.9 Å². The highest BCUT2D eigenvalue weighted by Gasteiger charge is 2.27. The molecule has 1 aliphatic rings. The highest BCUT2D eigenvalue weighted by Crippen LogP contribution is 2.16. The highest BCUT2D eigenvalue weighted by molar-refractivity contribution is 5.88. The van der Waals surface area contributed by atoms with Crippen LogP contribution in [0.3, 0.4) is 0 Å². The molecular formula is C21H33N3O4. The third kappa shape index (κ3) is 6.49. The average molecular weight is 392 g/mol. The maximum absolute atomic E-state index is 12.7. The fourth-order valence-corrected chi connectivity index (χ4v) is 3.12. The summed E-state index contributed by atoms with van der Waals surface area (Å²) >= 11 is 0. The summed E-state index contributed by atoms with van der Waals surface area (Å²) in [5, 5.41) is 2.97. The molecule has 1 saturated heterocycles. The van der Waals surface area contributed by atoms with Gasteiger partial charge in [0.2, 0.25) is 11.8 Å². The van der Waals surface area contributed by atoms with E-state index in [-0.39, 0.29) is 17.7 Å². The third-order valence-electron chi connectivity index (χ3n) is 4.97. The monoisotopic (exact) mass is 391 g/mol. The normalized spacial score (nSPS) is 15.9. The molecule has 1 fully saturated rings. The van der Waals surface area contributed by atoms with E-state index in [4.69, 9.17) is 9.47 Å². The van der Waals surface area contributed by atoms with Crippen molar-refractivity contribution in [2.45, 2.75) is 33.4 Å². The van der Waals surface area contributed by atoms with Crippen molar-refractivity contribution in [2.24, 2.45) is 5.92 Å². The number of nitrogens with zero attached hydrogens (tertiary/aromatic N) is 2. The molecule has 0 aliphatic carbocycles. The number of methoxy groups -OCH3 is 1. The van der Waals surface area contributed by atoms with E-state index in [0.717, 1.165) is 44.2 Å². The molecule has 0 aromatic heterocycles. The molecule has 1 heterocycles. The Hall–Kier alpha value is -2.12. The molecule has 1 aromatic rings. The van der Waals surface area contributed by atoms with Gasteiger partial charge in [0.1, 0.15) is 11.8 Å². The van der Waals surface area contributed by atoms with E-state index in [9.17, 15) is 9.59 Å². The van der Waals surface area contributed by atoms with E-state index >= 15 is 0 Å². The predicted octanol–water partition coefficient (Wildman–Crippen LogP) is 1.52. The second-order valence-corrected chi connectivity index (χ2v) is 7.39. The molecule has 156 valence electrons. The Balaban J connectivity index is 1.95. The molecule has 1 atom stereocenters. The maximum atomic E-state index is 12.7. The number of benzene rings is 1. The lowest BCUT2D eigenvalue weighted by atomic mass is 10.1. The second-order valence-electron chi connectivity index (χ2n) is 7.39. The number of rotatable bonds is 9. The highest BCUT2D eigenvalue weighted by atomic mass is 16.5. The molecule has 0 radical (unpaired) electrons. The van der Waals surface area contributed by atoms with Crippen LogP contribution in [0.2, 0.25) is 0 Å². The topological polar surface area (TPSA) is 71.1 Å². The van der Waals surface area contributed by atoms with Gasteiger partial charge in [0.15, 0.2) is 0 Å². The SMILES string of the molecule is COc1ccc(CN(C(=O)C(C)C)[C@@H](C)C(=O)NCCN2CCOCC2)cc1. The Morgan fingerprint density at radius 3 is 2.39 bits per heavy atom. The average Bonchev–Trinajstić information content (AvgIpc) is 2.72. The number of hydrogen-bond donors (Lipinski definition) is 1. The van der Waals surface area contributed by atoms with E-state index in [2.05, 4.69) is 10.2 Å². The lowest BCUT2D eigenvalue weighted by molar-refractivity contribution is -0.143. The van der Waals surface area contributed by atoms with Gasteiger partial charge in [-0.3, -0.25) is 14.5 Å². The Morgan fingerprint density at radius 2 is 1.82 bits per heavy atom. The van der Waals surface area contributed by atoms with Gasteiger partial charge < -0.3 is 19.7 Å². The number of ether oxygens (including phenoxy) is 2. The zero-order chi connectivity index (χ0) is 20.5. The molecule has 7 heteroatoms. The largest absolute Gasteiger partial charge is 0.497 e. The summed E-state index contributed by atoms with van der Waals surface area (Å²) in [6.07, 6.45) is 0. The van der Waals surface area contributed by atoms with Gasteiger partial charge in [0, 0.05) is 38.6 Å². The van der Waals surface area contributed by atoms with Gasteiger partial charge in [-0.15, -0.1) is 0 Å². The molecule has 0 unspecified atom stereocenters. The van der Waals surface area contributed by atoms with Crippen molar-refractivity contribution in [1.29, 1.82) is 0 Å². The Kier molecular flexibility index (Phi) is 8.73. The van der Waals surface area contributed by atoms with Crippen molar-refractivity contribution in [3.05, 3.63) is 29.8 Å². The zero-order valence-corrected chi connectivity index (χ0v) is 17.4. The van der Waals surface area contributed by atoms with Gasteiger partial charge >= 0.3 is 0 Å². The van der Waals surface area contributed by atoms with E-state index in [1.165, 1.54) is 0 Å². The van der Waals surface area contributed by atoms with Crippen molar-refractivity contribution >= 4 is 11.8 Å². The molecular weight excluding hydrogens is 358 g/mol. The van der Waals surface area contributed by atoms with Crippen LogP contribution in [0, 0.1) is 5.92 Å². The lowest BCUT2D eigenvalue weighted by Crippen LogP contribution is -2.50. The zero-order valence-electron chi connectivity index (χ0n) is 17.4. The number of carbonyl (C=O) groups is 2. The van der Waals surface area contributed by atoms with Crippen LogP contribution >= 0.6 is 0 Å². The van der Waals surface area contributed by atoms with Gasteiger partial charge in [0.25, 0.3) is 0 Å². The molecule has 0 saturated carbocycles. The Morgan fingerprint density at radius 1 is 1.18 bits per heavy atom. The molecule has 1 N–H and O–H groups in total. The van der Waals surface area contributed by atoms with Crippen molar-refractivity contribution in [2.75, 3.05) is 46.5 Å². The van der Waals surface area contributed by atoms with Gasteiger partial charge in [-0.2, -0.15) is 0 Å². The van der Waals surface area contributed by atoms with E-state index in [1.807, 2.05) is 38.1 Å². The van der Waals surface area contributed by atoms with Crippen LogP contribution in [0.1, 0.15) is 26.3 Å². The van der Waals surface area contributed by atoms with Gasteiger partial charge in [-0.25, -0.2) is 0 Å². The molecule has 2 rings (SSSR count). The molecule has 28 heavy (non-hydrogen) atoms. The molecule has 1 aromatic carbocycles. The molecule has 2 amide bonds. The van der Waals surface area contributed by atoms with Crippen molar-refractivity contribution < 1.29 is 19.1 Å². The van der Waals surface area contributed by atoms with Gasteiger partial charge in [-0.05, 0) is 24.6 Å². The van der Waals surface area contributed by atoms with Crippen LogP contribution in [0.4, 0.5) is 0 Å². The van der Waals surface area contributed by atoms with Crippen LogP contribution < -0.4 is 10.1 Å². The van der Waals surface area contributed by atoms with E-state index in [0.29, 0.717) is 13.1 Å². The first-order chi connectivity index (χ1) is 13.4. The third-order valence-corrected chi connectivity index (χ3v) is 4.97. The minimum Gasteiger partial charge on any atom is -0.497 e. The standard InChI is InChI=1S/C21H33N3O4/c1-16(2)21(26)24(15-18-5-7-19(27-4)8-6-18)17(3)20(25)22-9-10-23-11-13-28-14-12-23/h5-8,16-17H,9-15H2,1-4H3,(H,22,25)/t17-/m0/s1. The molecule has 0 bridgehead atoms. The minimum atomic E-state index is -0.540. The summed E-state index contributed by atoms with van der Waals surface area (Å²) < 4.78 is 10.5. The first-order valence-electron chi connectivity index (χ1n) is 9.93. The molecule has 1 aliphatic heterocycles. The van der Waals surface area contributed by atoms with E-state index < -0.39 is 6.04 Å². The Labute approximate surface area is 168 Å². The van der Waals surface area contributed by atoms with Crippen LogP contribution in [-0.2, 0) is 20.9 Å². The van der Waals surface area contributed by atoms with Crippen LogP contribution in [0.25, 0.3) is 0 Å². The second kappa shape index (κ2) is 11.0. The summed E-state index contributed by atoms with van der Waals surface area (Å²) in [7, 11) is 1.62. The summed E-state index contributed by atoms with van der Waals surface area (Å²) in [6, 6.07) is 7.02. The summed E-state index contributed by atoms with van der Waals surface area (Å²) in [6.45, 7) is 10.5. The Bertz CT molecular complexity index is 627. The predicted molar refractivity (Wildman–Crippen MR) is 108 cm³/mol. The summed E-state index contributed by atoms with van der Waals surface area (Å²) in [5.41, 5.74) is 0.961. The van der Waals surface area contributed by atoms with Crippen LogP contribution in [0.5, 0.6) is 5.75 Å². The number of hydrogen-bond acceptors (Lipinski definition) is 5. The summed E-state index contributed by atoms with van der Waals surface area (Å²) in [5.74, 6) is 0.420. The van der Waals surface area contributed by atoms with Crippen molar-refractivity contribution in [3.8, 4) is 5.75 Å². The van der Waals surface area contributed by atoms with Crippen LogP contribution in [-0.4, -0.2) is 74.2 Å². The number of morpholine rings is 1. The number of carbonyl (C=O) groups excluding carboxylic acids is 2. The van der Waals surface area contributed by atoms with Crippen molar-refractivity contribution in [3.63, 3.8) is 0 Å². The van der Waals surface area contributed by atoms with Gasteiger partial charge in [0.05, 0.1) is 20.3 Å². The number of nitrogens with one attached hydrogen (secondary N) is 1. The van der Waals surface area contributed by atoms with Crippen molar-refractivity contribution in [1.82, 2.24) is 15.1 Å². The number of amides is 2. The van der Waals surface area contributed by atoms with Gasteiger partial charge in [-0.1, -0.05) is 26.0 Å². The molecule has 0 spiro atoms. The first kappa shape index (κ1) is 22.2. The first-order valence-corrected chi connectivity index (χ1v) is 9.93. The maximum Gasteiger partial charge on any atom is 0.242 e. The molecule has 7 nitrogen and oxygen atoms in total. The lowest BCUT2D eigenvalue weighted by Gasteiger charge is -2.31.